The summed E-state index contributed by atoms with van der Waals surface area (Å²) < 4.78 is 5.23. The Hall–Kier alpha value is -1.69. The number of carbonyl (C=O) groups is 2. The molecule has 0 bridgehead atoms. The topological polar surface area (TPSA) is 75.6 Å². The van der Waals surface area contributed by atoms with E-state index in [-0.39, 0.29) is 17.6 Å². The Morgan fingerprint density at radius 2 is 2.26 bits per heavy atom. The third kappa shape index (κ3) is 2.84. The standard InChI is InChI=1S/C13H15NO4S/c1-7-3-4-8(18-2)11-12(7)19-9(13(17)14-11)5-6-10(15)16/h3-4,9H,5-6H2,1-2H3,(H,14,17)(H,15,16). The first-order valence-corrected chi connectivity index (χ1v) is 6.77. The number of thioether (sulfide) groups is 1. The number of carbonyl (C=O) groups excluding carboxylic acids is 1. The van der Waals surface area contributed by atoms with Crippen molar-refractivity contribution in [3.63, 3.8) is 0 Å². The van der Waals surface area contributed by atoms with Gasteiger partial charge in [-0.3, -0.25) is 9.59 Å². The molecule has 1 aromatic carbocycles. The molecule has 2 N–H and O–H groups in total. The van der Waals surface area contributed by atoms with Gasteiger partial charge in [0.15, 0.2) is 0 Å². The number of methoxy groups -OCH3 is 1. The van der Waals surface area contributed by atoms with Crippen molar-refractivity contribution in [3.05, 3.63) is 17.7 Å². The van der Waals surface area contributed by atoms with Crippen molar-refractivity contribution in [1.82, 2.24) is 0 Å². The Labute approximate surface area is 115 Å². The van der Waals surface area contributed by atoms with Gasteiger partial charge in [-0.05, 0) is 25.0 Å². The van der Waals surface area contributed by atoms with Crippen LogP contribution in [0.4, 0.5) is 5.69 Å². The molecule has 0 aromatic heterocycles. The van der Waals surface area contributed by atoms with E-state index in [4.69, 9.17) is 9.84 Å². The lowest BCUT2D eigenvalue weighted by Crippen LogP contribution is -2.30. The number of benzene rings is 1. The van der Waals surface area contributed by atoms with Gasteiger partial charge in [0.2, 0.25) is 5.91 Å². The number of aryl methyl sites for hydroxylation is 1. The van der Waals surface area contributed by atoms with Gasteiger partial charge in [-0.15, -0.1) is 11.8 Å². The second-order valence-electron chi connectivity index (χ2n) is 4.32. The van der Waals surface area contributed by atoms with Gasteiger partial charge in [-0.25, -0.2) is 0 Å². The molecule has 1 amide bonds. The maximum absolute atomic E-state index is 12.0. The monoisotopic (exact) mass is 281 g/mol. The average molecular weight is 281 g/mol. The van der Waals surface area contributed by atoms with E-state index in [1.54, 1.807) is 7.11 Å². The van der Waals surface area contributed by atoms with Crippen LogP contribution in [0.5, 0.6) is 5.75 Å². The number of hydrogen-bond donors (Lipinski definition) is 2. The van der Waals surface area contributed by atoms with Gasteiger partial charge in [0, 0.05) is 11.3 Å². The molecular formula is C13H15NO4S. The summed E-state index contributed by atoms with van der Waals surface area (Å²) in [5.41, 5.74) is 1.73. The minimum absolute atomic E-state index is 0.0105. The van der Waals surface area contributed by atoms with E-state index in [2.05, 4.69) is 5.32 Å². The van der Waals surface area contributed by atoms with Gasteiger partial charge in [0.05, 0.1) is 18.0 Å². The smallest absolute Gasteiger partial charge is 0.303 e. The van der Waals surface area contributed by atoms with Gasteiger partial charge < -0.3 is 15.2 Å². The van der Waals surface area contributed by atoms with Gasteiger partial charge in [-0.1, -0.05) is 6.07 Å². The zero-order valence-corrected chi connectivity index (χ0v) is 11.5. The van der Waals surface area contributed by atoms with E-state index in [0.29, 0.717) is 17.9 Å². The van der Waals surface area contributed by atoms with Crippen LogP contribution in [0, 0.1) is 6.92 Å². The predicted molar refractivity (Wildman–Crippen MR) is 72.9 cm³/mol. The fraction of sp³-hybridized carbons (Fsp3) is 0.385. The zero-order valence-electron chi connectivity index (χ0n) is 10.7. The molecular weight excluding hydrogens is 266 g/mol. The van der Waals surface area contributed by atoms with E-state index in [1.165, 1.54) is 11.8 Å². The summed E-state index contributed by atoms with van der Waals surface area (Å²) in [4.78, 5) is 23.5. The fourth-order valence-corrected chi connectivity index (χ4v) is 3.16. The van der Waals surface area contributed by atoms with Crippen LogP contribution < -0.4 is 10.1 Å². The molecule has 19 heavy (non-hydrogen) atoms. The Bertz CT molecular complexity index is 530. The minimum Gasteiger partial charge on any atom is -0.495 e. The highest BCUT2D eigenvalue weighted by Crippen LogP contribution is 2.44. The molecule has 0 radical (unpaired) electrons. The van der Waals surface area contributed by atoms with Crippen LogP contribution in [-0.4, -0.2) is 29.3 Å². The molecule has 2 rings (SSSR count). The molecule has 1 aliphatic rings. The summed E-state index contributed by atoms with van der Waals surface area (Å²) in [6.45, 7) is 1.96. The minimum atomic E-state index is -0.887. The van der Waals surface area contributed by atoms with E-state index in [1.807, 2.05) is 19.1 Å². The van der Waals surface area contributed by atoms with E-state index < -0.39 is 5.97 Å². The largest absolute Gasteiger partial charge is 0.495 e. The molecule has 0 aliphatic carbocycles. The third-order valence-corrected chi connectivity index (χ3v) is 4.45. The van der Waals surface area contributed by atoms with Gasteiger partial charge in [-0.2, -0.15) is 0 Å². The Morgan fingerprint density at radius 1 is 1.53 bits per heavy atom. The molecule has 1 aliphatic heterocycles. The highest BCUT2D eigenvalue weighted by molar-refractivity contribution is 8.01. The number of carboxylic acids is 1. The lowest BCUT2D eigenvalue weighted by molar-refractivity contribution is -0.137. The molecule has 1 heterocycles. The second kappa shape index (κ2) is 5.52. The maximum Gasteiger partial charge on any atom is 0.303 e. The Balaban J connectivity index is 2.27. The van der Waals surface area contributed by atoms with Gasteiger partial charge >= 0.3 is 5.97 Å². The first kappa shape index (κ1) is 13.7. The number of carboxylic acid groups (broad SMARTS) is 1. The van der Waals surface area contributed by atoms with Crippen molar-refractivity contribution >= 4 is 29.3 Å². The SMILES string of the molecule is COc1ccc(C)c2c1NC(=O)C(CCC(=O)O)S2. The number of aliphatic carboxylic acids is 1. The van der Waals surface area contributed by atoms with Crippen LogP contribution in [0.1, 0.15) is 18.4 Å². The normalized spacial score (nSPS) is 17.6. The summed E-state index contributed by atoms with van der Waals surface area (Å²) in [6.07, 6.45) is 0.311. The Kier molecular flexibility index (Phi) is 3.99. The van der Waals surface area contributed by atoms with Gasteiger partial charge in [0.25, 0.3) is 0 Å². The number of rotatable bonds is 4. The van der Waals surface area contributed by atoms with Crippen LogP contribution in [-0.2, 0) is 9.59 Å². The van der Waals surface area contributed by atoms with Crippen LogP contribution in [0.3, 0.4) is 0 Å². The quantitative estimate of drug-likeness (QED) is 0.885. The molecule has 0 saturated heterocycles. The van der Waals surface area contributed by atoms with Crippen molar-refractivity contribution in [2.75, 3.05) is 12.4 Å². The summed E-state index contributed by atoms with van der Waals surface area (Å²) in [5.74, 6) is -0.428. The summed E-state index contributed by atoms with van der Waals surface area (Å²) in [5, 5.41) is 11.2. The predicted octanol–water partition coefficient (Wildman–Crippen LogP) is 2.28. The lowest BCUT2D eigenvalue weighted by Gasteiger charge is -2.26. The highest BCUT2D eigenvalue weighted by atomic mass is 32.2. The molecule has 0 spiro atoms. The first-order chi connectivity index (χ1) is 9.02. The molecule has 1 unspecified atom stereocenters. The number of anilines is 1. The fourth-order valence-electron chi connectivity index (χ4n) is 1.95. The maximum atomic E-state index is 12.0. The Morgan fingerprint density at radius 3 is 2.89 bits per heavy atom. The number of amides is 1. The van der Waals surface area contributed by atoms with Gasteiger partial charge in [0.1, 0.15) is 5.75 Å². The summed E-state index contributed by atoms with van der Waals surface area (Å²) in [7, 11) is 1.55. The van der Waals surface area contributed by atoms with E-state index in [0.717, 1.165) is 10.5 Å². The molecule has 1 aromatic rings. The van der Waals surface area contributed by atoms with E-state index in [9.17, 15) is 9.59 Å². The lowest BCUT2D eigenvalue weighted by atomic mass is 10.1. The molecule has 6 heteroatoms. The van der Waals surface area contributed by atoms with Crippen molar-refractivity contribution in [3.8, 4) is 5.75 Å². The van der Waals surface area contributed by atoms with Crippen molar-refractivity contribution < 1.29 is 19.4 Å². The molecule has 0 saturated carbocycles. The number of ether oxygens (including phenoxy) is 1. The van der Waals surface area contributed by atoms with Crippen molar-refractivity contribution in [2.24, 2.45) is 0 Å². The van der Waals surface area contributed by atoms with Crippen LogP contribution >= 0.6 is 11.8 Å². The molecule has 0 fully saturated rings. The van der Waals surface area contributed by atoms with Crippen LogP contribution in [0.2, 0.25) is 0 Å². The number of fused-ring (bicyclic) bond motifs is 1. The molecule has 102 valence electrons. The molecule has 5 nitrogen and oxygen atoms in total. The summed E-state index contributed by atoms with van der Waals surface area (Å²) in [6, 6.07) is 3.74. The molecule has 1 atom stereocenters. The van der Waals surface area contributed by atoms with E-state index >= 15 is 0 Å². The van der Waals surface area contributed by atoms with Crippen molar-refractivity contribution in [1.29, 1.82) is 0 Å². The highest BCUT2D eigenvalue weighted by Gasteiger charge is 2.30. The summed E-state index contributed by atoms with van der Waals surface area (Å²) >= 11 is 1.41. The van der Waals surface area contributed by atoms with Crippen molar-refractivity contribution in [2.45, 2.75) is 29.9 Å². The van der Waals surface area contributed by atoms with Crippen LogP contribution in [0.25, 0.3) is 0 Å². The average Bonchev–Trinajstić information content (AvgIpc) is 2.37. The van der Waals surface area contributed by atoms with Crippen LogP contribution in [0.15, 0.2) is 17.0 Å². The number of hydrogen-bond acceptors (Lipinski definition) is 4. The first-order valence-electron chi connectivity index (χ1n) is 5.90. The third-order valence-electron chi connectivity index (χ3n) is 2.96. The number of nitrogens with one attached hydrogen (secondary N) is 1. The zero-order chi connectivity index (χ0) is 14.0. The second-order valence-corrected chi connectivity index (χ2v) is 5.53.